The van der Waals surface area contributed by atoms with Crippen LogP contribution in [0.15, 0.2) is 18.2 Å². The summed E-state index contributed by atoms with van der Waals surface area (Å²) in [6.45, 7) is 10.3. The van der Waals surface area contributed by atoms with Gasteiger partial charge in [0.15, 0.2) is 5.82 Å². The molecule has 0 atom stereocenters. The van der Waals surface area contributed by atoms with Gasteiger partial charge in [-0.3, -0.25) is 4.57 Å². The van der Waals surface area contributed by atoms with Crippen molar-refractivity contribution in [1.29, 1.82) is 0 Å². The highest BCUT2D eigenvalue weighted by molar-refractivity contribution is 7.11. The number of hydroxylamine groups is 2. The molecule has 5 rings (SSSR count). The molecule has 8 nitrogen and oxygen atoms in total. The van der Waals surface area contributed by atoms with Gasteiger partial charge in [-0.1, -0.05) is 11.6 Å². The molecule has 0 radical (unpaired) electrons. The van der Waals surface area contributed by atoms with E-state index >= 15 is 0 Å². The van der Waals surface area contributed by atoms with Gasteiger partial charge in [0.2, 0.25) is 0 Å². The zero-order valence-corrected chi connectivity index (χ0v) is 22.9. The Labute approximate surface area is 220 Å². The van der Waals surface area contributed by atoms with Gasteiger partial charge in [0.1, 0.15) is 11.4 Å². The fourth-order valence-electron chi connectivity index (χ4n) is 4.97. The molecule has 1 aliphatic carbocycles. The lowest BCUT2D eigenvalue weighted by Crippen LogP contribution is -2.31. The first-order chi connectivity index (χ1) is 17.1. The molecule has 0 spiro atoms. The first kappa shape index (κ1) is 25.2. The van der Waals surface area contributed by atoms with Crippen molar-refractivity contribution in [2.75, 3.05) is 0 Å². The Hall–Kier alpha value is -2.49. The van der Waals surface area contributed by atoms with Crippen molar-refractivity contribution in [3.63, 3.8) is 0 Å². The van der Waals surface area contributed by atoms with Crippen molar-refractivity contribution >= 4 is 29.1 Å². The quantitative estimate of drug-likeness (QED) is 0.352. The molecule has 3 heterocycles. The fourth-order valence-corrected chi connectivity index (χ4v) is 6.26. The average molecular weight is 530 g/mol. The van der Waals surface area contributed by atoms with Gasteiger partial charge in [0.25, 0.3) is 0 Å². The molecule has 192 valence electrons. The third-order valence-corrected chi connectivity index (χ3v) is 8.25. The predicted octanol–water partition coefficient (Wildman–Crippen LogP) is 6.62. The van der Waals surface area contributed by atoms with Crippen LogP contribution in [0.5, 0.6) is 0 Å². The summed E-state index contributed by atoms with van der Waals surface area (Å²) in [5, 5.41) is 12.6. The van der Waals surface area contributed by atoms with Crippen LogP contribution in [0.4, 0.5) is 4.79 Å². The summed E-state index contributed by atoms with van der Waals surface area (Å²) >= 11 is 8.18. The number of halogens is 1. The highest BCUT2D eigenvalue weighted by Gasteiger charge is 2.33. The largest absolute Gasteiger partial charge is 0.528 e. The Morgan fingerprint density at radius 3 is 2.47 bits per heavy atom. The second kappa shape index (κ2) is 9.76. The summed E-state index contributed by atoms with van der Waals surface area (Å²) in [6.07, 6.45) is 3.48. The summed E-state index contributed by atoms with van der Waals surface area (Å²) in [6, 6.07) is 5.78. The Balaban J connectivity index is 1.40. The van der Waals surface area contributed by atoms with Crippen molar-refractivity contribution in [1.82, 2.24) is 24.8 Å². The second-order valence-corrected chi connectivity index (χ2v) is 12.4. The van der Waals surface area contributed by atoms with E-state index in [2.05, 4.69) is 28.6 Å². The van der Waals surface area contributed by atoms with E-state index < -0.39 is 11.8 Å². The van der Waals surface area contributed by atoms with Crippen molar-refractivity contribution in [3.05, 3.63) is 56.0 Å². The first-order valence-corrected chi connectivity index (χ1v) is 13.6. The number of aryl methyl sites for hydroxylation is 2. The lowest BCUT2D eigenvalue weighted by molar-refractivity contribution is -0.155. The number of hydrogen-bond acceptors (Lipinski definition) is 8. The number of rotatable bonds is 3. The van der Waals surface area contributed by atoms with Crippen LogP contribution in [-0.2, 0) is 22.7 Å². The van der Waals surface area contributed by atoms with Crippen LogP contribution >= 0.6 is 22.9 Å². The second-order valence-electron chi connectivity index (χ2n) is 10.7. The Morgan fingerprint density at radius 2 is 1.81 bits per heavy atom. The number of ether oxygens (including phenoxy) is 1. The van der Waals surface area contributed by atoms with E-state index in [9.17, 15) is 4.79 Å². The highest BCUT2D eigenvalue weighted by Crippen LogP contribution is 2.42. The molecule has 0 amide bonds. The molecular weight excluding hydrogens is 498 g/mol. The number of aromatic nitrogens is 4. The molecule has 0 bridgehead atoms. The van der Waals surface area contributed by atoms with Gasteiger partial charge in [-0.05, 0) is 84.1 Å². The van der Waals surface area contributed by atoms with Gasteiger partial charge >= 0.3 is 6.16 Å². The van der Waals surface area contributed by atoms with Crippen LogP contribution in [-0.4, -0.2) is 36.6 Å². The van der Waals surface area contributed by atoms with Crippen LogP contribution in [0, 0.1) is 13.8 Å². The third-order valence-electron chi connectivity index (χ3n) is 6.78. The maximum Gasteiger partial charge on any atom is 0.528 e. The van der Waals surface area contributed by atoms with Gasteiger partial charge in [0.05, 0.1) is 29.5 Å². The number of carbonyl (C=O) groups excluding carboxylic acids is 1. The maximum atomic E-state index is 12.4. The summed E-state index contributed by atoms with van der Waals surface area (Å²) in [4.78, 5) is 24.1. The van der Waals surface area contributed by atoms with Gasteiger partial charge in [-0.15, -0.1) is 26.6 Å². The smallest absolute Gasteiger partial charge is 0.427 e. The molecule has 1 fully saturated rings. The summed E-state index contributed by atoms with van der Waals surface area (Å²) < 4.78 is 7.49. The number of fused-ring (bicyclic) bond motifs is 3. The molecule has 2 aromatic heterocycles. The number of thiazole rings is 1. The maximum absolute atomic E-state index is 12.4. The Kier molecular flexibility index (Phi) is 6.82. The van der Waals surface area contributed by atoms with Crippen LogP contribution in [0.25, 0.3) is 5.69 Å². The van der Waals surface area contributed by atoms with E-state index in [4.69, 9.17) is 26.2 Å². The molecule has 36 heavy (non-hydrogen) atoms. The van der Waals surface area contributed by atoms with Gasteiger partial charge in [0, 0.05) is 21.7 Å². The van der Waals surface area contributed by atoms with Gasteiger partial charge in [-0.2, -0.15) is 0 Å². The van der Waals surface area contributed by atoms with E-state index in [0.717, 1.165) is 54.3 Å². The fraction of sp³-hybridized carbons (Fsp3) is 0.538. The molecule has 0 saturated heterocycles. The van der Waals surface area contributed by atoms with Crippen molar-refractivity contribution in [2.45, 2.75) is 90.8 Å². The van der Waals surface area contributed by atoms with E-state index in [-0.39, 0.29) is 0 Å². The molecule has 10 heteroatoms. The predicted molar refractivity (Wildman–Crippen MR) is 138 cm³/mol. The molecule has 2 aliphatic rings. The van der Waals surface area contributed by atoms with Crippen LogP contribution in [0.2, 0.25) is 5.02 Å². The number of carbonyl (C=O) groups is 1. The normalized spacial score (nSPS) is 20.4. The Morgan fingerprint density at radius 1 is 1.08 bits per heavy atom. The van der Waals surface area contributed by atoms with E-state index in [1.807, 2.05) is 29.5 Å². The standard InChI is InChI=1S/C26H32ClN5O3S/c1-15-16(2)36-24(28-15)18-8-6-17(7-9-18)23-30-29-22-14-31(35-25(33)34-26(3,4)5)13-19-12-20(27)10-11-21(19)32(22)23/h10-12,17-18H,6-9,13-14H2,1-5H3. The molecular formula is C26H32ClN5O3S. The monoisotopic (exact) mass is 529 g/mol. The lowest BCUT2D eigenvalue weighted by Gasteiger charge is -2.27. The van der Waals surface area contributed by atoms with E-state index in [1.54, 1.807) is 25.8 Å². The van der Waals surface area contributed by atoms with Crippen molar-refractivity contribution in [2.24, 2.45) is 0 Å². The Bertz CT molecular complexity index is 1250. The topological polar surface area (TPSA) is 82.4 Å². The van der Waals surface area contributed by atoms with Crippen LogP contribution in [0.3, 0.4) is 0 Å². The molecule has 3 aromatic rings. The molecule has 1 saturated carbocycles. The van der Waals surface area contributed by atoms with E-state index in [1.165, 1.54) is 9.88 Å². The SMILES string of the molecule is Cc1nc(C2CCC(c3nnc4n3-c3ccc(Cl)cc3CN(OC(=O)OC(C)(C)C)C4)CC2)sc1C. The highest BCUT2D eigenvalue weighted by atomic mass is 35.5. The van der Waals surface area contributed by atoms with Crippen LogP contribution in [0.1, 0.15) is 91.1 Å². The minimum absolute atomic E-state index is 0.297. The van der Waals surface area contributed by atoms with Gasteiger partial charge < -0.3 is 9.57 Å². The number of hydrogen-bond donors (Lipinski definition) is 0. The third kappa shape index (κ3) is 5.28. The number of benzene rings is 1. The summed E-state index contributed by atoms with van der Waals surface area (Å²) in [5.74, 6) is 2.49. The zero-order valence-electron chi connectivity index (χ0n) is 21.4. The average Bonchev–Trinajstić information content (AvgIpc) is 3.31. The van der Waals surface area contributed by atoms with Crippen molar-refractivity contribution < 1.29 is 14.4 Å². The minimum Gasteiger partial charge on any atom is -0.427 e. The molecule has 1 aromatic carbocycles. The molecule has 0 unspecified atom stereocenters. The molecule has 1 aliphatic heterocycles. The molecule has 0 N–H and O–H groups in total. The van der Waals surface area contributed by atoms with Gasteiger partial charge in [-0.25, -0.2) is 9.78 Å². The number of nitrogens with zero attached hydrogens (tertiary/aromatic N) is 5. The summed E-state index contributed by atoms with van der Waals surface area (Å²) in [5.41, 5.74) is 2.41. The first-order valence-electron chi connectivity index (χ1n) is 12.4. The zero-order chi connectivity index (χ0) is 25.6. The summed E-state index contributed by atoms with van der Waals surface area (Å²) in [7, 11) is 0. The van der Waals surface area contributed by atoms with Crippen molar-refractivity contribution in [3.8, 4) is 5.69 Å². The lowest BCUT2D eigenvalue weighted by atomic mass is 9.82. The minimum atomic E-state index is -0.745. The van der Waals surface area contributed by atoms with E-state index in [0.29, 0.717) is 29.9 Å². The van der Waals surface area contributed by atoms with Crippen LogP contribution < -0.4 is 0 Å².